The van der Waals surface area contributed by atoms with Crippen molar-refractivity contribution in [2.24, 2.45) is 0 Å². The van der Waals surface area contributed by atoms with Gasteiger partial charge >= 0.3 is 6.09 Å². The summed E-state index contributed by atoms with van der Waals surface area (Å²) in [6.45, 7) is 7.03. The quantitative estimate of drug-likeness (QED) is 0.716. The van der Waals surface area contributed by atoms with Crippen LogP contribution in [0.2, 0.25) is 0 Å². The van der Waals surface area contributed by atoms with Gasteiger partial charge in [-0.05, 0) is 32.9 Å². The molecule has 0 atom stereocenters. The number of pyridine rings is 2. The van der Waals surface area contributed by atoms with Gasteiger partial charge in [0.2, 0.25) is 0 Å². The van der Waals surface area contributed by atoms with Gasteiger partial charge in [0.1, 0.15) is 22.5 Å². The molecule has 0 saturated heterocycles. The molecule has 0 bridgehead atoms. The highest BCUT2D eigenvalue weighted by Crippen LogP contribution is 2.23. The van der Waals surface area contributed by atoms with Crippen molar-refractivity contribution in [2.45, 2.75) is 39.3 Å². The van der Waals surface area contributed by atoms with Crippen LogP contribution in [0.4, 0.5) is 4.79 Å². The predicted molar refractivity (Wildman–Crippen MR) is 103 cm³/mol. The van der Waals surface area contributed by atoms with E-state index in [0.717, 1.165) is 27.9 Å². The van der Waals surface area contributed by atoms with Gasteiger partial charge in [0.15, 0.2) is 0 Å². The zero-order valence-corrected chi connectivity index (χ0v) is 16.2. The second kappa shape index (κ2) is 7.87. The van der Waals surface area contributed by atoms with Crippen LogP contribution in [0.15, 0.2) is 24.5 Å². The fourth-order valence-electron chi connectivity index (χ4n) is 2.88. The van der Waals surface area contributed by atoms with Crippen LogP contribution in [0.1, 0.15) is 26.6 Å². The second-order valence-corrected chi connectivity index (χ2v) is 7.21. The smallest absolute Gasteiger partial charge is 0.407 e. The molecule has 0 aliphatic rings. The summed E-state index contributed by atoms with van der Waals surface area (Å²) in [5.41, 5.74) is 2.77. The van der Waals surface area contributed by atoms with Gasteiger partial charge in [-0.25, -0.2) is 9.78 Å². The molecule has 3 aromatic rings. The summed E-state index contributed by atoms with van der Waals surface area (Å²) in [5.74, 6) is 0.873. The lowest BCUT2D eigenvalue weighted by Crippen LogP contribution is -2.34. The number of hydrogen-bond acceptors (Lipinski definition) is 6. The number of amides is 1. The van der Waals surface area contributed by atoms with E-state index >= 15 is 0 Å². The van der Waals surface area contributed by atoms with Crippen molar-refractivity contribution in [3.8, 4) is 0 Å². The van der Waals surface area contributed by atoms with E-state index < -0.39 is 11.7 Å². The van der Waals surface area contributed by atoms with E-state index in [0.29, 0.717) is 26.1 Å². The molecule has 27 heavy (non-hydrogen) atoms. The van der Waals surface area contributed by atoms with E-state index in [2.05, 4.69) is 19.9 Å². The van der Waals surface area contributed by atoms with Crippen molar-refractivity contribution in [3.05, 3.63) is 30.4 Å². The van der Waals surface area contributed by atoms with Gasteiger partial charge in [0.05, 0.1) is 23.8 Å². The molecule has 0 radical (unpaired) electrons. The predicted octanol–water partition coefficient (Wildman–Crippen LogP) is 2.69. The molecule has 0 unspecified atom stereocenters. The Bertz CT molecular complexity index is 946. The van der Waals surface area contributed by atoms with E-state index in [9.17, 15) is 4.79 Å². The number of fused-ring (bicyclic) bond motifs is 3. The number of methoxy groups -OCH3 is 1. The number of nitrogens with zero attached hydrogens (tertiary/aromatic N) is 4. The summed E-state index contributed by atoms with van der Waals surface area (Å²) >= 11 is 0. The Morgan fingerprint density at radius 2 is 2.07 bits per heavy atom. The summed E-state index contributed by atoms with van der Waals surface area (Å²) in [5, 5.41) is 2.80. The lowest BCUT2D eigenvalue weighted by atomic mass is 10.2. The molecule has 0 saturated carbocycles. The van der Waals surface area contributed by atoms with Crippen LogP contribution >= 0.6 is 0 Å². The normalized spacial score (nSPS) is 11.9. The number of carbonyl (C=O) groups is 1. The first kappa shape index (κ1) is 19.0. The lowest BCUT2D eigenvalue weighted by Gasteiger charge is -2.20. The van der Waals surface area contributed by atoms with Crippen molar-refractivity contribution in [2.75, 3.05) is 20.3 Å². The molecular formula is C19H25N5O3. The van der Waals surface area contributed by atoms with Crippen LogP contribution in [0.5, 0.6) is 0 Å². The Labute approximate surface area is 157 Å². The molecule has 3 heterocycles. The van der Waals surface area contributed by atoms with E-state index in [-0.39, 0.29) is 0 Å². The highest BCUT2D eigenvalue weighted by Gasteiger charge is 2.17. The highest BCUT2D eigenvalue weighted by molar-refractivity contribution is 5.99. The van der Waals surface area contributed by atoms with Crippen molar-refractivity contribution >= 4 is 28.2 Å². The van der Waals surface area contributed by atoms with Gasteiger partial charge in [-0.1, -0.05) is 0 Å². The van der Waals surface area contributed by atoms with Crippen LogP contribution < -0.4 is 5.32 Å². The van der Waals surface area contributed by atoms with Gasteiger partial charge < -0.3 is 19.4 Å². The minimum absolute atomic E-state index is 0.414. The average molecular weight is 371 g/mol. The molecule has 144 valence electrons. The number of alkyl carbamates (subject to hydrolysis) is 1. The summed E-state index contributed by atoms with van der Waals surface area (Å²) < 4.78 is 12.6. The SMILES string of the molecule is COCCc1nc2cnc3cccnc3c2n1CCNC(=O)OC(C)(C)C. The van der Waals surface area contributed by atoms with Gasteiger partial charge in [-0.3, -0.25) is 9.97 Å². The number of ether oxygens (including phenoxy) is 2. The van der Waals surface area contributed by atoms with E-state index in [1.165, 1.54) is 0 Å². The summed E-state index contributed by atoms with van der Waals surface area (Å²) in [6, 6.07) is 3.78. The molecule has 0 aromatic carbocycles. The molecule has 8 heteroatoms. The van der Waals surface area contributed by atoms with Crippen LogP contribution in [-0.2, 0) is 22.4 Å². The first-order valence-electron chi connectivity index (χ1n) is 8.93. The number of aromatic nitrogens is 4. The number of nitrogens with one attached hydrogen (secondary N) is 1. The summed E-state index contributed by atoms with van der Waals surface area (Å²) in [6.07, 6.45) is 3.73. The minimum Gasteiger partial charge on any atom is -0.444 e. The molecule has 0 spiro atoms. The Morgan fingerprint density at radius 1 is 1.26 bits per heavy atom. The van der Waals surface area contributed by atoms with Crippen molar-refractivity contribution < 1.29 is 14.3 Å². The van der Waals surface area contributed by atoms with E-state index in [1.807, 2.05) is 32.9 Å². The first-order valence-corrected chi connectivity index (χ1v) is 8.93. The van der Waals surface area contributed by atoms with E-state index in [4.69, 9.17) is 14.5 Å². The molecule has 8 nitrogen and oxygen atoms in total. The zero-order valence-electron chi connectivity index (χ0n) is 16.2. The maximum absolute atomic E-state index is 11.9. The fourth-order valence-corrected chi connectivity index (χ4v) is 2.88. The largest absolute Gasteiger partial charge is 0.444 e. The Kier molecular flexibility index (Phi) is 5.55. The Hall–Kier alpha value is -2.74. The van der Waals surface area contributed by atoms with Gasteiger partial charge in [0.25, 0.3) is 0 Å². The van der Waals surface area contributed by atoms with Crippen molar-refractivity contribution in [1.82, 2.24) is 24.8 Å². The maximum Gasteiger partial charge on any atom is 0.407 e. The van der Waals surface area contributed by atoms with Crippen molar-refractivity contribution in [1.29, 1.82) is 0 Å². The molecule has 1 amide bonds. The summed E-state index contributed by atoms with van der Waals surface area (Å²) in [4.78, 5) is 25.5. The van der Waals surface area contributed by atoms with Gasteiger partial charge in [-0.2, -0.15) is 0 Å². The van der Waals surface area contributed by atoms with Crippen LogP contribution in [0.3, 0.4) is 0 Å². The molecule has 0 fully saturated rings. The topological polar surface area (TPSA) is 91.2 Å². The third-order valence-electron chi connectivity index (χ3n) is 3.94. The number of imidazole rings is 1. The molecule has 1 N–H and O–H groups in total. The first-order chi connectivity index (χ1) is 12.9. The third-order valence-corrected chi connectivity index (χ3v) is 3.94. The molecule has 3 aromatic heterocycles. The Balaban J connectivity index is 1.89. The number of hydrogen-bond donors (Lipinski definition) is 1. The van der Waals surface area contributed by atoms with Crippen LogP contribution in [0, 0.1) is 0 Å². The van der Waals surface area contributed by atoms with E-state index in [1.54, 1.807) is 19.5 Å². The van der Waals surface area contributed by atoms with Crippen LogP contribution in [-0.4, -0.2) is 51.5 Å². The number of rotatable bonds is 6. The minimum atomic E-state index is -0.527. The monoisotopic (exact) mass is 371 g/mol. The highest BCUT2D eigenvalue weighted by atomic mass is 16.6. The van der Waals surface area contributed by atoms with Gasteiger partial charge in [0, 0.05) is 32.8 Å². The second-order valence-electron chi connectivity index (χ2n) is 7.21. The summed E-state index contributed by atoms with van der Waals surface area (Å²) in [7, 11) is 1.66. The zero-order chi connectivity index (χ0) is 19.4. The fraction of sp³-hybridized carbons (Fsp3) is 0.474. The molecule has 0 aliphatic carbocycles. The van der Waals surface area contributed by atoms with Crippen LogP contribution in [0.25, 0.3) is 22.1 Å². The lowest BCUT2D eigenvalue weighted by molar-refractivity contribution is 0.0526. The number of carbonyl (C=O) groups excluding carboxylic acids is 1. The third kappa shape index (κ3) is 4.51. The molecule has 0 aliphatic heterocycles. The standard InChI is InChI=1S/C19H25N5O3/c1-19(2,3)27-18(25)21-9-10-24-15(7-11-26-4)23-14-12-22-13-6-5-8-20-16(13)17(14)24/h5-6,8,12H,7,9-11H2,1-4H3,(H,21,25). The molecular weight excluding hydrogens is 346 g/mol. The molecule has 3 rings (SSSR count). The van der Waals surface area contributed by atoms with Crippen molar-refractivity contribution in [3.63, 3.8) is 0 Å². The van der Waals surface area contributed by atoms with Gasteiger partial charge in [-0.15, -0.1) is 0 Å². The maximum atomic E-state index is 11.9. The average Bonchev–Trinajstić information content (AvgIpc) is 2.96. The Morgan fingerprint density at radius 3 is 2.81 bits per heavy atom.